The summed E-state index contributed by atoms with van der Waals surface area (Å²) in [5.41, 5.74) is 0. The largest absolute Gasteiger partial charge is 0.481 e. The topological polar surface area (TPSA) is 88.1 Å². The SMILES string of the molecule is CN(CC(=O)NCC1CCCO1)C1COCC1C(=O)O. The second kappa shape index (κ2) is 7.01. The van der Waals surface area contributed by atoms with Crippen molar-refractivity contribution in [3.05, 3.63) is 0 Å². The van der Waals surface area contributed by atoms with Crippen LogP contribution >= 0.6 is 0 Å². The lowest BCUT2D eigenvalue weighted by atomic mass is 10.0. The van der Waals surface area contributed by atoms with Gasteiger partial charge in [0.1, 0.15) is 0 Å². The van der Waals surface area contributed by atoms with E-state index in [0.29, 0.717) is 13.2 Å². The summed E-state index contributed by atoms with van der Waals surface area (Å²) in [5.74, 6) is -1.55. The maximum atomic E-state index is 11.8. The smallest absolute Gasteiger partial charge is 0.310 e. The number of carbonyl (C=O) groups is 2. The van der Waals surface area contributed by atoms with Crippen LogP contribution in [0.1, 0.15) is 12.8 Å². The quantitative estimate of drug-likeness (QED) is 0.672. The summed E-state index contributed by atoms with van der Waals surface area (Å²) in [7, 11) is 1.75. The summed E-state index contributed by atoms with van der Waals surface area (Å²) in [6, 6.07) is -0.249. The highest BCUT2D eigenvalue weighted by molar-refractivity contribution is 5.78. The van der Waals surface area contributed by atoms with E-state index in [1.807, 2.05) is 0 Å². The van der Waals surface area contributed by atoms with Crippen molar-refractivity contribution in [2.75, 3.05) is 40.0 Å². The molecule has 2 heterocycles. The van der Waals surface area contributed by atoms with E-state index < -0.39 is 11.9 Å². The molecule has 2 rings (SSSR count). The Morgan fingerprint density at radius 2 is 2.20 bits per heavy atom. The third kappa shape index (κ3) is 3.91. The second-order valence-electron chi connectivity index (χ2n) is 5.40. The number of nitrogens with one attached hydrogen (secondary N) is 1. The summed E-state index contributed by atoms with van der Waals surface area (Å²) in [5, 5.41) is 11.9. The van der Waals surface area contributed by atoms with Gasteiger partial charge < -0.3 is 19.9 Å². The zero-order chi connectivity index (χ0) is 14.5. The molecule has 0 aromatic rings. The number of rotatable bonds is 6. The lowest BCUT2D eigenvalue weighted by Crippen LogP contribution is -2.46. The Hall–Kier alpha value is -1.18. The van der Waals surface area contributed by atoms with E-state index in [1.165, 1.54) is 0 Å². The van der Waals surface area contributed by atoms with Crippen LogP contribution in [0.4, 0.5) is 0 Å². The van der Waals surface area contributed by atoms with Gasteiger partial charge in [-0.15, -0.1) is 0 Å². The van der Waals surface area contributed by atoms with Gasteiger partial charge in [0.15, 0.2) is 0 Å². The minimum Gasteiger partial charge on any atom is -0.481 e. The van der Waals surface area contributed by atoms with Gasteiger partial charge >= 0.3 is 5.97 Å². The molecule has 2 fully saturated rings. The monoisotopic (exact) mass is 286 g/mol. The summed E-state index contributed by atoms with van der Waals surface area (Å²) in [6.07, 6.45) is 2.14. The first kappa shape index (κ1) is 15.2. The minimum atomic E-state index is -0.876. The van der Waals surface area contributed by atoms with Gasteiger partial charge in [-0.1, -0.05) is 0 Å². The Balaban J connectivity index is 1.73. The molecule has 0 radical (unpaired) electrons. The van der Waals surface area contributed by atoms with Crippen molar-refractivity contribution in [1.82, 2.24) is 10.2 Å². The molecule has 20 heavy (non-hydrogen) atoms. The average Bonchev–Trinajstić information content (AvgIpc) is 3.07. The van der Waals surface area contributed by atoms with Crippen molar-refractivity contribution in [3.8, 4) is 0 Å². The number of aliphatic carboxylic acids is 1. The molecule has 3 atom stereocenters. The first-order valence-corrected chi connectivity index (χ1v) is 6.97. The number of hydrogen-bond acceptors (Lipinski definition) is 5. The van der Waals surface area contributed by atoms with E-state index in [4.69, 9.17) is 14.6 Å². The molecule has 114 valence electrons. The molecule has 2 N–H and O–H groups in total. The van der Waals surface area contributed by atoms with Crippen molar-refractivity contribution in [3.63, 3.8) is 0 Å². The van der Waals surface area contributed by atoms with Gasteiger partial charge in [-0.2, -0.15) is 0 Å². The molecule has 3 unspecified atom stereocenters. The molecule has 0 bridgehead atoms. The molecule has 2 aliphatic heterocycles. The van der Waals surface area contributed by atoms with Crippen LogP contribution in [0, 0.1) is 5.92 Å². The first-order chi connectivity index (χ1) is 9.58. The van der Waals surface area contributed by atoms with Crippen LogP contribution in [0.15, 0.2) is 0 Å². The Kier molecular flexibility index (Phi) is 5.33. The molecular weight excluding hydrogens is 264 g/mol. The fourth-order valence-electron chi connectivity index (χ4n) is 2.65. The Bertz CT molecular complexity index is 357. The van der Waals surface area contributed by atoms with Gasteiger partial charge in [0.25, 0.3) is 0 Å². The van der Waals surface area contributed by atoms with Gasteiger partial charge in [-0.25, -0.2) is 0 Å². The van der Waals surface area contributed by atoms with Gasteiger partial charge in [0.05, 0.1) is 31.8 Å². The van der Waals surface area contributed by atoms with Crippen molar-refractivity contribution in [1.29, 1.82) is 0 Å². The molecule has 0 aromatic heterocycles. The van der Waals surface area contributed by atoms with Gasteiger partial charge in [-0.3, -0.25) is 14.5 Å². The normalized spacial score (nSPS) is 29.8. The Labute approximate surface area is 118 Å². The molecule has 7 heteroatoms. The number of likely N-dealkylation sites (N-methyl/N-ethyl adjacent to an activating group) is 1. The number of nitrogens with zero attached hydrogens (tertiary/aromatic N) is 1. The maximum Gasteiger partial charge on any atom is 0.310 e. The van der Waals surface area contributed by atoms with E-state index in [9.17, 15) is 9.59 Å². The molecule has 0 aromatic carbocycles. The van der Waals surface area contributed by atoms with Crippen molar-refractivity contribution in [2.45, 2.75) is 25.0 Å². The maximum absolute atomic E-state index is 11.8. The van der Waals surface area contributed by atoms with Gasteiger partial charge in [0, 0.05) is 19.2 Å². The van der Waals surface area contributed by atoms with Crippen molar-refractivity contribution >= 4 is 11.9 Å². The average molecular weight is 286 g/mol. The molecular formula is C13H22N2O5. The number of ether oxygens (including phenoxy) is 2. The molecule has 0 saturated carbocycles. The number of carbonyl (C=O) groups excluding carboxylic acids is 1. The third-order valence-electron chi connectivity index (χ3n) is 3.88. The standard InChI is InChI=1S/C13H22N2O5/c1-15(11-8-19-7-10(11)13(17)18)6-12(16)14-5-9-3-2-4-20-9/h9-11H,2-8H2,1H3,(H,14,16)(H,17,18). The van der Waals surface area contributed by atoms with Crippen LogP contribution in [0.5, 0.6) is 0 Å². The van der Waals surface area contributed by atoms with Crippen LogP contribution in [-0.4, -0.2) is 74.0 Å². The second-order valence-corrected chi connectivity index (χ2v) is 5.40. The number of amides is 1. The lowest BCUT2D eigenvalue weighted by Gasteiger charge is -2.25. The summed E-state index contributed by atoms with van der Waals surface area (Å²) in [4.78, 5) is 24.7. The molecule has 2 saturated heterocycles. The van der Waals surface area contributed by atoms with Crippen LogP contribution in [0.25, 0.3) is 0 Å². The summed E-state index contributed by atoms with van der Waals surface area (Å²) in [6.45, 7) is 2.02. The molecule has 2 aliphatic rings. The number of hydrogen-bond donors (Lipinski definition) is 2. The van der Waals surface area contributed by atoms with Crippen LogP contribution in [0.3, 0.4) is 0 Å². The predicted octanol–water partition coefficient (Wildman–Crippen LogP) is -0.687. The Morgan fingerprint density at radius 1 is 1.40 bits per heavy atom. The van der Waals surface area contributed by atoms with Crippen molar-refractivity contribution < 1.29 is 24.2 Å². The molecule has 1 amide bonds. The van der Waals surface area contributed by atoms with Gasteiger partial charge in [0.2, 0.25) is 5.91 Å². The fraction of sp³-hybridized carbons (Fsp3) is 0.846. The van der Waals surface area contributed by atoms with Crippen LogP contribution in [-0.2, 0) is 19.1 Å². The Morgan fingerprint density at radius 3 is 2.85 bits per heavy atom. The van der Waals surface area contributed by atoms with E-state index in [-0.39, 0.29) is 31.2 Å². The summed E-state index contributed by atoms with van der Waals surface area (Å²) >= 11 is 0. The van der Waals surface area contributed by atoms with Crippen LogP contribution < -0.4 is 5.32 Å². The highest BCUT2D eigenvalue weighted by Crippen LogP contribution is 2.18. The van der Waals surface area contributed by atoms with E-state index >= 15 is 0 Å². The lowest BCUT2D eigenvalue weighted by molar-refractivity contribution is -0.143. The van der Waals surface area contributed by atoms with E-state index in [1.54, 1.807) is 11.9 Å². The molecule has 0 spiro atoms. The highest BCUT2D eigenvalue weighted by Gasteiger charge is 2.37. The van der Waals surface area contributed by atoms with Crippen molar-refractivity contribution in [2.24, 2.45) is 5.92 Å². The molecule has 7 nitrogen and oxygen atoms in total. The zero-order valence-corrected chi connectivity index (χ0v) is 11.7. The number of carboxylic acids is 1. The third-order valence-corrected chi connectivity index (χ3v) is 3.88. The fourth-order valence-corrected chi connectivity index (χ4v) is 2.65. The van der Waals surface area contributed by atoms with Gasteiger partial charge in [-0.05, 0) is 19.9 Å². The summed E-state index contributed by atoms with van der Waals surface area (Å²) < 4.78 is 10.6. The van der Waals surface area contributed by atoms with E-state index in [0.717, 1.165) is 19.4 Å². The van der Waals surface area contributed by atoms with E-state index in [2.05, 4.69) is 5.32 Å². The predicted molar refractivity (Wildman–Crippen MR) is 70.3 cm³/mol. The zero-order valence-electron chi connectivity index (χ0n) is 11.7. The number of carboxylic acid groups (broad SMARTS) is 1. The molecule has 0 aliphatic carbocycles. The first-order valence-electron chi connectivity index (χ1n) is 6.97. The minimum absolute atomic E-state index is 0.112. The van der Waals surface area contributed by atoms with Crippen LogP contribution in [0.2, 0.25) is 0 Å². The highest BCUT2D eigenvalue weighted by atomic mass is 16.5.